The number of thioether (sulfide) groups is 1. The Morgan fingerprint density at radius 1 is 0.741 bits per heavy atom. The van der Waals surface area contributed by atoms with E-state index in [1.165, 1.54) is 40.5 Å². The fraction of sp³-hybridized carbons (Fsp3) is 0.208. The van der Waals surface area contributed by atoms with Gasteiger partial charge in [0.1, 0.15) is 5.75 Å². The number of benzene rings is 6. The quantitative estimate of drug-likeness (QED) is 0.0894. The standard InChI is InChI=1S/C25H25NO2.C23H18F3NO2S/c1-16(2)23-22(28-18(4)27)14-17(3)24-20-12-8-9-13-21(20)26(25(23)24)15-19-10-6-5-7-11-19;1-30-22-15(12-19(28)29)11-17(23(24,25)26)20-16-9-5-6-10-18(16)27(21(20)22)13-14-7-3-2-4-8-14/h5-14,16H,15H2,1-4H3;2-11H,12-13H2,1H3,(H,28,29). The highest BCUT2D eigenvalue weighted by atomic mass is 32.2. The van der Waals surface area contributed by atoms with Crippen molar-refractivity contribution in [2.24, 2.45) is 0 Å². The molecule has 6 nitrogen and oxygen atoms in total. The van der Waals surface area contributed by atoms with Crippen molar-refractivity contribution >= 4 is 67.3 Å². The van der Waals surface area contributed by atoms with E-state index in [0.29, 0.717) is 33.6 Å². The zero-order valence-corrected chi connectivity index (χ0v) is 33.7. The van der Waals surface area contributed by atoms with E-state index < -0.39 is 24.1 Å². The van der Waals surface area contributed by atoms with Crippen molar-refractivity contribution < 1.29 is 32.6 Å². The Morgan fingerprint density at radius 2 is 1.24 bits per heavy atom. The molecule has 296 valence electrons. The van der Waals surface area contributed by atoms with Crippen LogP contribution in [0.15, 0.2) is 126 Å². The van der Waals surface area contributed by atoms with Gasteiger partial charge in [0, 0.05) is 63.1 Å². The number of carboxylic acid groups (broad SMARTS) is 1. The number of aryl methyl sites for hydroxylation is 1. The van der Waals surface area contributed by atoms with Crippen LogP contribution in [0.4, 0.5) is 13.2 Å². The van der Waals surface area contributed by atoms with Crippen LogP contribution in [0.1, 0.15) is 60.1 Å². The predicted molar refractivity (Wildman–Crippen MR) is 228 cm³/mol. The molecular formula is C48H43F3N2O4S. The molecule has 0 fully saturated rings. The molecule has 0 bridgehead atoms. The molecule has 0 unspecified atom stereocenters. The molecule has 58 heavy (non-hydrogen) atoms. The molecule has 6 aromatic carbocycles. The first-order chi connectivity index (χ1) is 27.8. The third-order valence-electron chi connectivity index (χ3n) is 10.3. The van der Waals surface area contributed by atoms with Gasteiger partial charge in [-0.2, -0.15) is 13.2 Å². The monoisotopic (exact) mass is 800 g/mol. The second-order valence-electron chi connectivity index (χ2n) is 14.7. The minimum atomic E-state index is -4.61. The van der Waals surface area contributed by atoms with Crippen LogP contribution < -0.4 is 4.74 Å². The normalized spacial score (nSPS) is 11.7. The van der Waals surface area contributed by atoms with Gasteiger partial charge >= 0.3 is 18.1 Å². The van der Waals surface area contributed by atoms with Crippen LogP contribution in [0.2, 0.25) is 0 Å². The van der Waals surface area contributed by atoms with E-state index in [1.54, 1.807) is 30.5 Å². The fourth-order valence-electron chi connectivity index (χ4n) is 8.13. The highest BCUT2D eigenvalue weighted by molar-refractivity contribution is 7.98. The molecule has 0 aliphatic carbocycles. The molecule has 10 heteroatoms. The number of halogens is 3. The summed E-state index contributed by atoms with van der Waals surface area (Å²) >= 11 is 1.27. The summed E-state index contributed by atoms with van der Waals surface area (Å²) in [4.78, 5) is 23.7. The highest BCUT2D eigenvalue weighted by Gasteiger charge is 2.36. The zero-order chi connectivity index (χ0) is 41.3. The van der Waals surface area contributed by atoms with E-state index in [4.69, 9.17) is 4.74 Å². The number of esters is 1. The van der Waals surface area contributed by atoms with Gasteiger partial charge in [-0.25, -0.2) is 0 Å². The smallest absolute Gasteiger partial charge is 0.417 e. The van der Waals surface area contributed by atoms with Crippen LogP contribution >= 0.6 is 11.8 Å². The van der Waals surface area contributed by atoms with Gasteiger partial charge in [0.25, 0.3) is 0 Å². The van der Waals surface area contributed by atoms with Gasteiger partial charge < -0.3 is 19.0 Å². The minimum absolute atomic E-state index is 0.118. The van der Waals surface area contributed by atoms with E-state index >= 15 is 0 Å². The van der Waals surface area contributed by atoms with Gasteiger partial charge in [0.15, 0.2) is 0 Å². The molecule has 0 atom stereocenters. The summed E-state index contributed by atoms with van der Waals surface area (Å²) in [6, 6.07) is 38.5. The van der Waals surface area contributed by atoms with Crippen LogP contribution in [-0.4, -0.2) is 32.4 Å². The summed E-state index contributed by atoms with van der Waals surface area (Å²) in [7, 11) is 0. The maximum absolute atomic E-state index is 14.1. The van der Waals surface area contributed by atoms with Crippen molar-refractivity contribution in [1.29, 1.82) is 0 Å². The maximum atomic E-state index is 14.1. The molecule has 0 spiro atoms. The lowest BCUT2D eigenvalue weighted by atomic mass is 9.95. The molecule has 0 saturated carbocycles. The minimum Gasteiger partial charge on any atom is -0.481 e. The summed E-state index contributed by atoms with van der Waals surface area (Å²) in [6.07, 6.45) is -3.32. The molecule has 0 aliphatic heterocycles. The third kappa shape index (κ3) is 7.81. The molecule has 2 aromatic heterocycles. The molecule has 0 amide bonds. The molecule has 2 heterocycles. The molecular weight excluding hydrogens is 758 g/mol. The molecule has 8 aromatic rings. The summed E-state index contributed by atoms with van der Waals surface area (Å²) in [5.41, 5.74) is 7.26. The number of ether oxygens (including phenoxy) is 1. The van der Waals surface area contributed by atoms with E-state index in [0.717, 1.165) is 34.8 Å². The van der Waals surface area contributed by atoms with Crippen molar-refractivity contribution in [2.45, 2.75) is 64.2 Å². The van der Waals surface area contributed by atoms with Gasteiger partial charge in [-0.1, -0.05) is 111 Å². The Labute approximate surface area is 338 Å². The number of para-hydroxylation sites is 2. The number of aromatic nitrogens is 2. The lowest BCUT2D eigenvalue weighted by molar-refractivity contribution is -0.138. The number of alkyl halides is 3. The Kier molecular flexibility index (Phi) is 11.4. The number of hydrogen-bond acceptors (Lipinski definition) is 4. The average Bonchev–Trinajstić information content (AvgIpc) is 3.67. The molecule has 0 aliphatic rings. The first-order valence-corrected chi connectivity index (χ1v) is 20.2. The lowest BCUT2D eigenvalue weighted by Crippen LogP contribution is -2.11. The predicted octanol–water partition coefficient (Wildman–Crippen LogP) is 12.4. The summed E-state index contributed by atoms with van der Waals surface area (Å²) < 4.78 is 52.1. The Hall–Kier alpha value is -6.00. The fourth-order valence-corrected chi connectivity index (χ4v) is 8.92. The van der Waals surface area contributed by atoms with Crippen LogP contribution in [-0.2, 0) is 35.3 Å². The van der Waals surface area contributed by atoms with E-state index in [1.807, 2.05) is 47.0 Å². The number of hydrogen-bond donors (Lipinski definition) is 1. The van der Waals surface area contributed by atoms with Crippen molar-refractivity contribution in [3.63, 3.8) is 0 Å². The Balaban J connectivity index is 0.000000177. The second-order valence-corrected chi connectivity index (χ2v) is 15.5. The molecule has 8 rings (SSSR count). The van der Waals surface area contributed by atoms with E-state index in [9.17, 15) is 27.9 Å². The largest absolute Gasteiger partial charge is 0.481 e. The van der Waals surface area contributed by atoms with Gasteiger partial charge in [-0.3, -0.25) is 9.59 Å². The van der Waals surface area contributed by atoms with Gasteiger partial charge in [-0.05, 0) is 65.6 Å². The number of rotatable bonds is 9. The number of aliphatic carboxylic acids is 1. The number of carbonyl (C=O) groups is 2. The number of carboxylic acids is 1. The number of carbonyl (C=O) groups excluding carboxylic acids is 1. The molecule has 0 radical (unpaired) electrons. The maximum Gasteiger partial charge on any atom is 0.417 e. The van der Waals surface area contributed by atoms with Crippen molar-refractivity contribution in [2.75, 3.05) is 6.26 Å². The zero-order valence-electron chi connectivity index (χ0n) is 32.9. The van der Waals surface area contributed by atoms with Crippen LogP contribution in [0.5, 0.6) is 5.75 Å². The first kappa shape index (κ1) is 40.2. The van der Waals surface area contributed by atoms with E-state index in [2.05, 4.69) is 73.9 Å². The van der Waals surface area contributed by atoms with Crippen molar-refractivity contribution in [3.8, 4) is 5.75 Å². The number of fused-ring (bicyclic) bond motifs is 6. The number of nitrogens with zero attached hydrogens (tertiary/aromatic N) is 2. The third-order valence-corrected chi connectivity index (χ3v) is 11.2. The lowest BCUT2D eigenvalue weighted by Gasteiger charge is -2.18. The van der Waals surface area contributed by atoms with Crippen LogP contribution in [0.3, 0.4) is 0 Å². The molecule has 0 saturated heterocycles. The topological polar surface area (TPSA) is 73.5 Å². The second kappa shape index (κ2) is 16.5. The van der Waals surface area contributed by atoms with Crippen LogP contribution in [0.25, 0.3) is 43.6 Å². The van der Waals surface area contributed by atoms with Gasteiger partial charge in [0.2, 0.25) is 0 Å². The summed E-state index contributed by atoms with van der Waals surface area (Å²) in [5, 5.41) is 12.4. The van der Waals surface area contributed by atoms with Crippen molar-refractivity contribution in [1.82, 2.24) is 9.13 Å². The summed E-state index contributed by atoms with van der Waals surface area (Å²) in [6.45, 7) is 9.02. The first-order valence-electron chi connectivity index (χ1n) is 19.0. The molecule has 1 N–H and O–H groups in total. The van der Waals surface area contributed by atoms with E-state index in [-0.39, 0.29) is 22.8 Å². The Bertz CT molecular complexity index is 2810. The Morgan fingerprint density at radius 3 is 1.72 bits per heavy atom. The summed E-state index contributed by atoms with van der Waals surface area (Å²) in [5.74, 6) is -0.559. The van der Waals surface area contributed by atoms with Crippen LogP contribution in [0, 0.1) is 6.92 Å². The SMILES string of the molecule is CC(=O)Oc1cc(C)c2c3ccccc3n(Cc3ccccc3)c2c1C(C)C.CSc1c(CC(=O)O)cc(C(F)(F)F)c2c3ccccc3n(Cc3ccccc3)c12. The van der Waals surface area contributed by atoms with Gasteiger partial charge in [-0.15, -0.1) is 11.8 Å². The highest BCUT2D eigenvalue weighted by Crippen LogP contribution is 2.46. The average molecular weight is 801 g/mol. The van der Waals surface area contributed by atoms with Gasteiger partial charge in [0.05, 0.1) is 23.0 Å². The van der Waals surface area contributed by atoms with Crippen molar-refractivity contribution in [3.05, 3.63) is 155 Å².